The van der Waals surface area contributed by atoms with Gasteiger partial charge in [-0.1, -0.05) is 12.1 Å². The van der Waals surface area contributed by atoms with Gasteiger partial charge in [0.1, 0.15) is 11.3 Å². The molecule has 2 fully saturated rings. The second-order valence-electron chi connectivity index (χ2n) is 7.85. The number of piperazine rings is 1. The Morgan fingerprint density at radius 1 is 0.893 bits per heavy atom. The molecule has 1 N–H and O–H groups in total. The molecule has 6 heteroatoms. The third-order valence-corrected chi connectivity index (χ3v) is 5.69. The first-order valence-electron chi connectivity index (χ1n) is 10.2. The molecule has 0 unspecified atom stereocenters. The largest absolute Gasteiger partial charge is 0.369 e. The fraction of sp³-hybridized carbons (Fsp3) is 0.409. The first kappa shape index (κ1) is 17.4. The lowest BCUT2D eigenvalue weighted by atomic mass is 10.1. The van der Waals surface area contributed by atoms with E-state index >= 15 is 0 Å². The minimum absolute atomic E-state index is 0.670. The maximum atomic E-state index is 4.52. The van der Waals surface area contributed by atoms with Crippen molar-refractivity contribution in [2.75, 3.05) is 42.9 Å². The zero-order valence-electron chi connectivity index (χ0n) is 16.1. The van der Waals surface area contributed by atoms with Crippen LogP contribution in [-0.4, -0.2) is 52.6 Å². The Morgan fingerprint density at radius 2 is 1.68 bits per heavy atom. The van der Waals surface area contributed by atoms with Gasteiger partial charge in [0.2, 0.25) is 0 Å². The molecule has 1 saturated heterocycles. The van der Waals surface area contributed by atoms with E-state index < -0.39 is 0 Å². The van der Waals surface area contributed by atoms with Crippen LogP contribution in [0.1, 0.15) is 18.4 Å². The van der Waals surface area contributed by atoms with E-state index in [-0.39, 0.29) is 0 Å². The van der Waals surface area contributed by atoms with Crippen molar-refractivity contribution in [3.63, 3.8) is 0 Å². The fourth-order valence-electron chi connectivity index (χ4n) is 3.82. The van der Waals surface area contributed by atoms with Crippen LogP contribution < -0.4 is 10.2 Å². The Bertz CT molecular complexity index is 929. The highest BCUT2D eigenvalue weighted by Crippen LogP contribution is 2.30. The van der Waals surface area contributed by atoms with Crippen LogP contribution in [0.15, 0.2) is 48.8 Å². The molecule has 1 saturated carbocycles. The number of fused-ring (bicyclic) bond motifs is 1. The van der Waals surface area contributed by atoms with Gasteiger partial charge in [-0.3, -0.25) is 9.88 Å². The molecular weight excluding hydrogens is 348 g/mol. The molecule has 1 aliphatic carbocycles. The van der Waals surface area contributed by atoms with E-state index in [1.165, 1.54) is 43.7 Å². The predicted molar refractivity (Wildman–Crippen MR) is 112 cm³/mol. The summed E-state index contributed by atoms with van der Waals surface area (Å²) in [6.07, 6.45) is 6.24. The van der Waals surface area contributed by atoms with Gasteiger partial charge < -0.3 is 10.2 Å². The lowest BCUT2D eigenvalue weighted by Gasteiger charge is -2.36. The SMILES string of the molecule is c1cnc2nc(NCc3ccc(N4CCN(CC5CC5)CC4)cc3)ccc2n1. The van der Waals surface area contributed by atoms with Gasteiger partial charge in [0, 0.05) is 57.3 Å². The van der Waals surface area contributed by atoms with Crippen LogP contribution in [0.25, 0.3) is 11.2 Å². The molecule has 3 heterocycles. The Labute approximate surface area is 165 Å². The van der Waals surface area contributed by atoms with E-state index in [1.54, 1.807) is 12.4 Å². The molecule has 0 amide bonds. The maximum Gasteiger partial charge on any atom is 0.180 e. The van der Waals surface area contributed by atoms with Crippen molar-refractivity contribution in [1.82, 2.24) is 19.9 Å². The molecule has 0 spiro atoms. The third kappa shape index (κ3) is 4.07. The summed E-state index contributed by atoms with van der Waals surface area (Å²) < 4.78 is 0. The molecule has 28 heavy (non-hydrogen) atoms. The molecule has 3 aromatic rings. The molecule has 5 rings (SSSR count). The minimum atomic E-state index is 0.670. The summed E-state index contributed by atoms with van der Waals surface area (Å²) in [4.78, 5) is 18.2. The first-order chi connectivity index (χ1) is 13.8. The molecular formula is C22H26N6. The van der Waals surface area contributed by atoms with Crippen molar-refractivity contribution in [1.29, 1.82) is 0 Å². The van der Waals surface area contributed by atoms with Crippen LogP contribution in [0.3, 0.4) is 0 Å². The fourth-order valence-corrected chi connectivity index (χ4v) is 3.82. The lowest BCUT2D eigenvalue weighted by Crippen LogP contribution is -2.47. The Balaban J connectivity index is 1.16. The molecule has 0 atom stereocenters. The molecule has 2 aliphatic rings. The maximum absolute atomic E-state index is 4.52. The number of nitrogens with one attached hydrogen (secondary N) is 1. The second kappa shape index (κ2) is 7.72. The van der Waals surface area contributed by atoms with E-state index in [0.29, 0.717) is 5.65 Å². The Kier molecular flexibility index (Phi) is 4.79. The van der Waals surface area contributed by atoms with E-state index in [9.17, 15) is 0 Å². The molecule has 2 aromatic heterocycles. The van der Waals surface area contributed by atoms with Crippen molar-refractivity contribution >= 4 is 22.7 Å². The van der Waals surface area contributed by atoms with Crippen LogP contribution in [0.2, 0.25) is 0 Å². The third-order valence-electron chi connectivity index (χ3n) is 5.69. The number of benzene rings is 1. The Morgan fingerprint density at radius 3 is 2.46 bits per heavy atom. The molecule has 1 aliphatic heterocycles. The van der Waals surface area contributed by atoms with Crippen molar-refractivity contribution < 1.29 is 0 Å². The quantitative estimate of drug-likeness (QED) is 0.715. The van der Waals surface area contributed by atoms with Gasteiger partial charge in [0.15, 0.2) is 5.65 Å². The van der Waals surface area contributed by atoms with Gasteiger partial charge in [-0.2, -0.15) is 0 Å². The van der Waals surface area contributed by atoms with Crippen molar-refractivity contribution in [2.45, 2.75) is 19.4 Å². The van der Waals surface area contributed by atoms with E-state index in [2.05, 4.69) is 54.3 Å². The number of hydrogen-bond acceptors (Lipinski definition) is 6. The summed E-state index contributed by atoms with van der Waals surface area (Å²) in [5.74, 6) is 1.81. The number of hydrogen-bond donors (Lipinski definition) is 1. The average molecular weight is 374 g/mol. The smallest absolute Gasteiger partial charge is 0.180 e. The monoisotopic (exact) mass is 374 g/mol. The van der Waals surface area contributed by atoms with Gasteiger partial charge in [0.05, 0.1) is 0 Å². The normalized spacial score (nSPS) is 17.8. The van der Waals surface area contributed by atoms with Gasteiger partial charge >= 0.3 is 0 Å². The zero-order valence-corrected chi connectivity index (χ0v) is 16.1. The van der Waals surface area contributed by atoms with Gasteiger partial charge in [-0.15, -0.1) is 0 Å². The number of aromatic nitrogens is 3. The zero-order chi connectivity index (χ0) is 18.8. The molecule has 0 radical (unpaired) electrons. The average Bonchev–Trinajstić information content (AvgIpc) is 3.57. The van der Waals surface area contributed by atoms with Gasteiger partial charge in [-0.25, -0.2) is 9.97 Å². The number of rotatable bonds is 6. The van der Waals surface area contributed by atoms with Crippen LogP contribution >= 0.6 is 0 Å². The summed E-state index contributed by atoms with van der Waals surface area (Å²) in [6.45, 7) is 6.70. The summed E-state index contributed by atoms with van der Waals surface area (Å²) in [5, 5.41) is 3.38. The van der Waals surface area contributed by atoms with E-state index in [0.717, 1.165) is 36.9 Å². The van der Waals surface area contributed by atoms with Crippen LogP contribution in [0.4, 0.5) is 11.5 Å². The van der Waals surface area contributed by atoms with Crippen molar-refractivity contribution in [3.8, 4) is 0 Å². The van der Waals surface area contributed by atoms with E-state index in [1.807, 2.05) is 12.1 Å². The highest BCUT2D eigenvalue weighted by Gasteiger charge is 2.26. The molecule has 0 bridgehead atoms. The predicted octanol–water partition coefficient (Wildman–Crippen LogP) is 3.17. The van der Waals surface area contributed by atoms with Crippen LogP contribution in [0.5, 0.6) is 0 Å². The standard InChI is InChI=1S/C22H26N6/c1-2-18(1)16-27-11-13-28(14-12-27)19-5-3-17(4-6-19)15-25-21-8-7-20-22(26-21)24-10-9-23-20/h3-10,18H,1-2,11-16H2,(H,24,25,26). The molecule has 1 aromatic carbocycles. The number of anilines is 2. The van der Waals surface area contributed by atoms with Crippen LogP contribution in [-0.2, 0) is 6.54 Å². The molecule has 6 nitrogen and oxygen atoms in total. The summed E-state index contributed by atoms with van der Waals surface area (Å²) in [7, 11) is 0. The van der Waals surface area contributed by atoms with Crippen LogP contribution in [0, 0.1) is 5.92 Å². The molecule has 144 valence electrons. The highest BCUT2D eigenvalue weighted by molar-refractivity contribution is 5.71. The Hall–Kier alpha value is -2.73. The number of pyridine rings is 1. The minimum Gasteiger partial charge on any atom is -0.369 e. The highest BCUT2D eigenvalue weighted by atomic mass is 15.3. The van der Waals surface area contributed by atoms with Crippen molar-refractivity contribution in [3.05, 3.63) is 54.4 Å². The summed E-state index contributed by atoms with van der Waals surface area (Å²) in [5.41, 5.74) is 4.06. The van der Waals surface area contributed by atoms with Crippen molar-refractivity contribution in [2.24, 2.45) is 5.92 Å². The van der Waals surface area contributed by atoms with Gasteiger partial charge in [-0.05, 0) is 48.6 Å². The second-order valence-corrected chi connectivity index (χ2v) is 7.85. The number of nitrogens with zero attached hydrogens (tertiary/aromatic N) is 5. The van der Waals surface area contributed by atoms with Gasteiger partial charge in [0.25, 0.3) is 0 Å². The first-order valence-corrected chi connectivity index (χ1v) is 10.2. The lowest BCUT2D eigenvalue weighted by molar-refractivity contribution is 0.248. The van der Waals surface area contributed by atoms with E-state index in [4.69, 9.17) is 0 Å². The summed E-state index contributed by atoms with van der Waals surface area (Å²) >= 11 is 0. The topological polar surface area (TPSA) is 57.2 Å². The summed E-state index contributed by atoms with van der Waals surface area (Å²) in [6, 6.07) is 12.8.